The molecule has 0 aliphatic carbocycles. The summed E-state index contributed by atoms with van der Waals surface area (Å²) in [7, 11) is 0. The molecule has 0 fully saturated rings. The Morgan fingerprint density at radius 2 is 2.11 bits per heavy atom. The maximum atomic E-state index is 14.6. The third kappa shape index (κ3) is 6.00. The van der Waals surface area contributed by atoms with Crippen molar-refractivity contribution in [1.82, 2.24) is 10.3 Å². The molecule has 1 aromatic heterocycles. The number of halogens is 1. The Morgan fingerprint density at radius 1 is 1.30 bits per heavy atom. The summed E-state index contributed by atoms with van der Waals surface area (Å²) in [6.07, 6.45) is 2.52. The maximum Gasteiger partial charge on any atom is 0.255 e. The van der Waals surface area contributed by atoms with Crippen molar-refractivity contribution in [2.75, 3.05) is 12.3 Å². The number of benzene rings is 1. The van der Waals surface area contributed by atoms with Crippen molar-refractivity contribution < 1.29 is 13.9 Å². The molecule has 2 rings (SSSR count). The van der Waals surface area contributed by atoms with Gasteiger partial charge in [-0.25, -0.2) is 9.37 Å². The van der Waals surface area contributed by atoms with Crippen LogP contribution in [0.2, 0.25) is 0 Å². The van der Waals surface area contributed by atoms with Gasteiger partial charge in [0.2, 0.25) is 0 Å². The lowest BCUT2D eigenvalue weighted by molar-refractivity contribution is 0.0951. The van der Waals surface area contributed by atoms with Crippen molar-refractivity contribution in [1.29, 1.82) is 0 Å². The van der Waals surface area contributed by atoms with E-state index in [9.17, 15) is 9.18 Å². The highest BCUT2D eigenvalue weighted by molar-refractivity contribution is 5.98. The molecule has 0 aliphatic rings. The third-order valence-electron chi connectivity index (χ3n) is 3.92. The number of unbranched alkanes of at least 4 members (excludes halogenated alkanes) is 2. The average molecular weight is 369 g/mol. The van der Waals surface area contributed by atoms with E-state index in [1.54, 1.807) is 44.2 Å². The van der Waals surface area contributed by atoms with E-state index in [2.05, 4.69) is 22.1 Å². The van der Waals surface area contributed by atoms with E-state index in [1.165, 1.54) is 0 Å². The fourth-order valence-electron chi connectivity index (χ4n) is 2.47. The van der Waals surface area contributed by atoms with Gasteiger partial charge >= 0.3 is 0 Å². The molecule has 6 heteroatoms. The number of nitrogens with two attached hydrogens (primary N) is 1. The SMILES string of the molecule is CC#CCCCCOc1cccc(CNC(=O)c2ccc(C)nc2N)c1F. The first-order chi connectivity index (χ1) is 13.0. The van der Waals surface area contributed by atoms with Gasteiger partial charge in [-0.05, 0) is 44.9 Å². The molecule has 2 aromatic rings. The number of carbonyl (C=O) groups is 1. The summed E-state index contributed by atoms with van der Waals surface area (Å²) in [6.45, 7) is 4.04. The predicted molar refractivity (Wildman–Crippen MR) is 104 cm³/mol. The van der Waals surface area contributed by atoms with Crippen LogP contribution in [0.4, 0.5) is 10.2 Å². The summed E-state index contributed by atoms with van der Waals surface area (Å²) in [6, 6.07) is 8.19. The number of rotatable bonds is 8. The zero-order valence-corrected chi connectivity index (χ0v) is 15.6. The standard InChI is InChI=1S/C21H24FN3O2/c1-3-4-5-6-7-13-27-18-10-8-9-16(19(18)22)14-24-21(26)17-12-11-15(2)25-20(17)23/h8-12H,5-7,13-14H2,1-2H3,(H2,23,25)(H,24,26). The van der Waals surface area contributed by atoms with E-state index in [0.29, 0.717) is 12.2 Å². The number of nitrogens with zero attached hydrogens (tertiary/aromatic N) is 1. The quantitative estimate of drug-likeness (QED) is 0.550. The largest absolute Gasteiger partial charge is 0.491 e. The number of amides is 1. The summed E-state index contributed by atoms with van der Waals surface area (Å²) in [5.41, 5.74) is 7.10. The Kier molecular flexibility index (Phi) is 7.63. The van der Waals surface area contributed by atoms with Crippen LogP contribution in [0.25, 0.3) is 0 Å². The molecule has 0 atom stereocenters. The molecule has 3 N–H and O–H groups in total. The number of anilines is 1. The number of pyridine rings is 1. The second kappa shape index (κ2) is 10.2. The van der Waals surface area contributed by atoms with Crippen LogP contribution < -0.4 is 15.8 Å². The lowest BCUT2D eigenvalue weighted by Crippen LogP contribution is -2.24. The zero-order chi connectivity index (χ0) is 19.6. The summed E-state index contributed by atoms with van der Waals surface area (Å²) < 4.78 is 20.1. The molecule has 0 radical (unpaired) electrons. The van der Waals surface area contributed by atoms with Gasteiger partial charge in [-0.1, -0.05) is 12.1 Å². The van der Waals surface area contributed by atoms with Gasteiger partial charge in [-0.3, -0.25) is 4.79 Å². The minimum Gasteiger partial charge on any atom is -0.491 e. The molecular weight excluding hydrogens is 345 g/mol. The van der Waals surface area contributed by atoms with Crippen LogP contribution in [-0.2, 0) is 6.54 Å². The monoisotopic (exact) mass is 369 g/mol. The van der Waals surface area contributed by atoms with Crippen molar-refractivity contribution in [3.8, 4) is 17.6 Å². The highest BCUT2D eigenvalue weighted by Crippen LogP contribution is 2.21. The molecule has 5 nitrogen and oxygen atoms in total. The van der Waals surface area contributed by atoms with Gasteiger partial charge in [0, 0.05) is 24.2 Å². The molecule has 0 aliphatic heterocycles. The Morgan fingerprint density at radius 3 is 2.85 bits per heavy atom. The minimum atomic E-state index is -0.471. The van der Waals surface area contributed by atoms with Crippen molar-refractivity contribution in [2.45, 2.75) is 39.7 Å². The van der Waals surface area contributed by atoms with Crippen LogP contribution in [0, 0.1) is 24.6 Å². The number of nitrogen functional groups attached to an aromatic ring is 1. The number of carbonyl (C=O) groups excluding carboxylic acids is 1. The first-order valence-corrected chi connectivity index (χ1v) is 8.84. The van der Waals surface area contributed by atoms with Crippen LogP contribution in [0.15, 0.2) is 30.3 Å². The molecule has 0 saturated heterocycles. The molecule has 0 unspecified atom stereocenters. The van der Waals surface area contributed by atoms with Gasteiger partial charge in [0.15, 0.2) is 11.6 Å². The number of aryl methyl sites for hydroxylation is 1. The second-order valence-corrected chi connectivity index (χ2v) is 6.03. The van der Waals surface area contributed by atoms with Crippen LogP contribution in [0.3, 0.4) is 0 Å². The van der Waals surface area contributed by atoms with Crippen molar-refractivity contribution >= 4 is 11.7 Å². The van der Waals surface area contributed by atoms with E-state index >= 15 is 0 Å². The average Bonchev–Trinajstić information content (AvgIpc) is 2.64. The molecule has 27 heavy (non-hydrogen) atoms. The van der Waals surface area contributed by atoms with Crippen LogP contribution in [0.1, 0.15) is 47.8 Å². The number of nitrogens with one attached hydrogen (secondary N) is 1. The molecule has 1 amide bonds. The maximum absolute atomic E-state index is 14.6. The van der Waals surface area contributed by atoms with E-state index in [0.717, 1.165) is 25.0 Å². The Bertz CT molecular complexity index is 856. The highest BCUT2D eigenvalue weighted by Gasteiger charge is 2.13. The summed E-state index contributed by atoms with van der Waals surface area (Å²) >= 11 is 0. The van der Waals surface area contributed by atoms with Crippen LogP contribution >= 0.6 is 0 Å². The molecular formula is C21H24FN3O2. The second-order valence-electron chi connectivity index (χ2n) is 6.03. The first kappa shape index (κ1) is 20.2. The Labute approximate surface area is 159 Å². The number of aromatic nitrogens is 1. The summed E-state index contributed by atoms with van der Waals surface area (Å²) in [5, 5.41) is 2.66. The Balaban J connectivity index is 1.92. The van der Waals surface area contributed by atoms with Crippen molar-refractivity contribution in [2.24, 2.45) is 0 Å². The number of hydrogen-bond donors (Lipinski definition) is 2. The van der Waals surface area contributed by atoms with Crippen molar-refractivity contribution in [3.63, 3.8) is 0 Å². The molecule has 1 aromatic carbocycles. The molecule has 1 heterocycles. The molecule has 142 valence electrons. The fourth-order valence-corrected chi connectivity index (χ4v) is 2.47. The molecule has 0 spiro atoms. The van der Waals surface area contributed by atoms with Gasteiger partial charge in [0.1, 0.15) is 5.82 Å². The van der Waals surface area contributed by atoms with E-state index in [-0.39, 0.29) is 23.7 Å². The lowest BCUT2D eigenvalue weighted by atomic mass is 10.1. The summed E-state index contributed by atoms with van der Waals surface area (Å²) in [4.78, 5) is 16.3. The Hall–Kier alpha value is -3.07. The van der Waals surface area contributed by atoms with Gasteiger partial charge in [0.25, 0.3) is 5.91 Å². The topological polar surface area (TPSA) is 77.2 Å². The molecule has 0 bridgehead atoms. The normalized spacial score (nSPS) is 10.0. The number of ether oxygens (including phenoxy) is 1. The van der Waals surface area contributed by atoms with Gasteiger partial charge in [0.05, 0.1) is 12.2 Å². The van der Waals surface area contributed by atoms with Crippen LogP contribution in [-0.4, -0.2) is 17.5 Å². The first-order valence-electron chi connectivity index (χ1n) is 8.84. The predicted octanol–water partition coefficient (Wildman–Crippen LogP) is 3.61. The van der Waals surface area contributed by atoms with Gasteiger partial charge < -0.3 is 15.8 Å². The number of hydrogen-bond acceptors (Lipinski definition) is 4. The smallest absolute Gasteiger partial charge is 0.255 e. The zero-order valence-electron chi connectivity index (χ0n) is 15.6. The van der Waals surface area contributed by atoms with Gasteiger partial charge in [-0.15, -0.1) is 11.8 Å². The van der Waals surface area contributed by atoms with Crippen molar-refractivity contribution in [3.05, 3.63) is 53.0 Å². The fraction of sp³-hybridized carbons (Fsp3) is 0.333. The third-order valence-corrected chi connectivity index (χ3v) is 3.92. The highest BCUT2D eigenvalue weighted by atomic mass is 19.1. The summed E-state index contributed by atoms with van der Waals surface area (Å²) in [5.74, 6) is 5.28. The van der Waals surface area contributed by atoms with Gasteiger partial charge in [-0.2, -0.15) is 0 Å². The van der Waals surface area contributed by atoms with E-state index < -0.39 is 11.7 Å². The van der Waals surface area contributed by atoms with Crippen LogP contribution in [0.5, 0.6) is 5.75 Å². The van der Waals surface area contributed by atoms with E-state index in [1.807, 2.05) is 0 Å². The van der Waals surface area contributed by atoms with E-state index in [4.69, 9.17) is 10.5 Å². The molecule has 0 saturated carbocycles. The minimum absolute atomic E-state index is 0.0290. The lowest BCUT2D eigenvalue weighted by Gasteiger charge is -2.11.